The molecule has 6 nitrogen and oxygen atoms in total. The Bertz CT molecular complexity index is 2080. The molecule has 0 radical (unpaired) electrons. The zero-order valence-corrected chi connectivity index (χ0v) is 31.2. The number of aryl methyl sites for hydroxylation is 2. The van der Waals surface area contributed by atoms with Crippen molar-refractivity contribution in [3.8, 4) is 0 Å². The maximum Gasteiger partial charge on any atom is 0.0531 e. The summed E-state index contributed by atoms with van der Waals surface area (Å²) in [6.45, 7) is 9.93. The van der Waals surface area contributed by atoms with Crippen molar-refractivity contribution in [2.45, 2.75) is 128 Å². The van der Waals surface area contributed by atoms with E-state index in [1.807, 2.05) is 0 Å². The van der Waals surface area contributed by atoms with Gasteiger partial charge in [0.25, 0.3) is 0 Å². The van der Waals surface area contributed by atoms with Crippen LogP contribution in [-0.4, -0.2) is 41.4 Å². The topological polar surface area (TPSA) is 49.2 Å². The molecule has 3 aromatic carbocycles. The molecule has 52 heavy (non-hydrogen) atoms. The van der Waals surface area contributed by atoms with Gasteiger partial charge < -0.3 is 30.0 Å². The first kappa shape index (κ1) is 33.0. The highest BCUT2D eigenvalue weighted by Gasteiger charge is 2.42. The molecule has 0 saturated heterocycles. The number of aromatic nitrogens is 2. The smallest absolute Gasteiger partial charge is 0.0531 e. The number of hydrogen-bond acceptors (Lipinski definition) is 4. The fourth-order valence-electron chi connectivity index (χ4n) is 11.4. The average molecular weight is 695 g/mol. The molecule has 272 valence electrons. The van der Waals surface area contributed by atoms with Gasteiger partial charge in [-0.3, -0.25) is 0 Å². The van der Waals surface area contributed by atoms with Crippen LogP contribution in [0.5, 0.6) is 0 Å². The van der Waals surface area contributed by atoms with Crippen LogP contribution in [0.2, 0.25) is 0 Å². The summed E-state index contributed by atoms with van der Waals surface area (Å²) in [7, 11) is 0. The summed E-state index contributed by atoms with van der Waals surface area (Å²) in [5.74, 6) is 0.841. The third-order valence-electron chi connectivity index (χ3n) is 13.7. The summed E-state index contributed by atoms with van der Waals surface area (Å²) in [4.78, 5) is 2.70. The van der Waals surface area contributed by atoms with Gasteiger partial charge in [0.05, 0.1) is 11.0 Å². The molecular weight excluding hydrogens is 637 g/mol. The number of nitrogens with one attached hydrogen (secondary N) is 3. The maximum absolute atomic E-state index is 3.55. The molecule has 0 spiro atoms. The van der Waals surface area contributed by atoms with Gasteiger partial charge in [-0.1, -0.05) is 73.9 Å². The van der Waals surface area contributed by atoms with Crippen molar-refractivity contribution in [2.24, 2.45) is 0 Å². The van der Waals surface area contributed by atoms with E-state index in [2.05, 4.69) is 84.6 Å². The van der Waals surface area contributed by atoms with Crippen LogP contribution >= 0.6 is 0 Å². The fraction of sp³-hybridized carbons (Fsp3) is 0.522. The van der Waals surface area contributed by atoms with Crippen LogP contribution in [0.3, 0.4) is 0 Å². The van der Waals surface area contributed by atoms with Gasteiger partial charge in [-0.05, 0) is 97.6 Å². The van der Waals surface area contributed by atoms with Crippen molar-refractivity contribution < 1.29 is 0 Å². The Morgan fingerprint density at radius 1 is 0.500 bits per heavy atom. The van der Waals surface area contributed by atoms with E-state index >= 15 is 0 Å². The first-order valence-corrected chi connectivity index (χ1v) is 21.1. The Morgan fingerprint density at radius 2 is 1.04 bits per heavy atom. The first-order valence-electron chi connectivity index (χ1n) is 21.1. The van der Waals surface area contributed by atoms with Crippen molar-refractivity contribution in [1.82, 2.24) is 25.1 Å². The van der Waals surface area contributed by atoms with Crippen molar-refractivity contribution >= 4 is 27.5 Å². The largest absolute Gasteiger partial charge is 0.366 e. The minimum Gasteiger partial charge on any atom is -0.366 e. The Kier molecular flexibility index (Phi) is 9.11. The molecule has 6 heteroatoms. The Morgan fingerprint density at radius 3 is 1.71 bits per heavy atom. The van der Waals surface area contributed by atoms with Crippen LogP contribution in [0.1, 0.15) is 108 Å². The van der Waals surface area contributed by atoms with Crippen molar-refractivity contribution in [1.29, 1.82) is 0 Å². The molecule has 6 heterocycles. The van der Waals surface area contributed by atoms with E-state index in [4.69, 9.17) is 0 Å². The highest BCUT2D eigenvalue weighted by atomic mass is 15.2. The van der Waals surface area contributed by atoms with Crippen molar-refractivity contribution in [3.63, 3.8) is 0 Å². The fourth-order valence-corrected chi connectivity index (χ4v) is 11.4. The van der Waals surface area contributed by atoms with E-state index in [0.717, 1.165) is 64.3 Å². The molecule has 1 fully saturated rings. The third kappa shape index (κ3) is 5.72. The zero-order valence-electron chi connectivity index (χ0n) is 31.2. The summed E-state index contributed by atoms with van der Waals surface area (Å²) in [6.07, 6.45) is 17.7. The summed E-state index contributed by atoms with van der Waals surface area (Å²) in [6, 6.07) is 21.4. The normalized spacial score (nSPS) is 23.0. The van der Waals surface area contributed by atoms with Crippen LogP contribution in [0.25, 0.3) is 21.8 Å². The molecule has 5 aromatic rings. The summed E-state index contributed by atoms with van der Waals surface area (Å²) >= 11 is 0. The number of hydrogen-bond donors (Lipinski definition) is 3. The SMILES string of the molecule is c1cc2c3c(c1)[C@H]1CCC[C@H]1N3CCNC2.c1cc2c3c(c1)c1c(n3CCNC2)CCCC1.c1cc2c3c(c1)c1c(n3CCNC2)CCCCCC1. The number of benzene rings is 3. The third-order valence-corrected chi connectivity index (χ3v) is 13.7. The lowest BCUT2D eigenvalue weighted by molar-refractivity contribution is 0.572. The van der Waals surface area contributed by atoms with E-state index < -0.39 is 0 Å². The maximum atomic E-state index is 3.55. The lowest BCUT2D eigenvalue weighted by atomic mass is 9.95. The summed E-state index contributed by atoms with van der Waals surface area (Å²) in [5.41, 5.74) is 17.3. The van der Waals surface area contributed by atoms with Gasteiger partial charge in [-0.25, -0.2) is 0 Å². The minimum absolute atomic E-state index is 0.816. The van der Waals surface area contributed by atoms with Gasteiger partial charge >= 0.3 is 0 Å². The molecule has 0 amide bonds. The standard InChI is InChI=1S/C17H22N2.C15H18N2.C14H18N2/c1-2-4-9-16-14(7-3-1)15-8-5-6-13-12-18-10-11-19(16)17(13)15;1-2-7-14-12(5-1)13-6-3-4-11-10-16-8-9-17(14)15(11)13;1-3-10-9-15-7-8-16-13-6-2-4-11(13)12(5-1)14(10)16/h5-6,8,18H,1-4,7,9-12H2;3-4,6,16H,1-2,5,7-10H2;1,3,5,11,13,15H,2,4,6-9H2/t;;11-,13-/m..1/s1. The molecule has 0 unspecified atom stereocenters. The lowest BCUT2D eigenvalue weighted by Crippen LogP contribution is -2.35. The molecule has 7 aliphatic rings. The molecule has 2 atom stereocenters. The van der Waals surface area contributed by atoms with E-state index in [-0.39, 0.29) is 0 Å². The molecule has 1 saturated carbocycles. The minimum atomic E-state index is 0.816. The Hall–Kier alpha value is -3.58. The number of para-hydroxylation sites is 3. The van der Waals surface area contributed by atoms with Gasteiger partial charge in [0.2, 0.25) is 0 Å². The lowest BCUT2D eigenvalue weighted by Gasteiger charge is -2.26. The number of nitrogens with zero attached hydrogens (tertiary/aromatic N) is 3. The van der Waals surface area contributed by atoms with Crippen molar-refractivity contribution in [2.75, 3.05) is 31.1 Å². The van der Waals surface area contributed by atoms with Crippen molar-refractivity contribution in [3.05, 3.63) is 99.4 Å². The molecular formula is C46H58N6. The average Bonchev–Trinajstić information content (AvgIpc) is 3.76. The molecule has 12 rings (SSSR count). The number of anilines is 1. The highest BCUT2D eigenvalue weighted by Crippen LogP contribution is 2.50. The Balaban J connectivity index is 0.0000000979. The molecule has 3 aliphatic carbocycles. The van der Waals surface area contributed by atoms with E-state index in [1.165, 1.54) is 129 Å². The van der Waals surface area contributed by atoms with Gasteiger partial charge in [0.15, 0.2) is 0 Å². The van der Waals surface area contributed by atoms with Crippen LogP contribution < -0.4 is 20.9 Å². The molecule has 2 aromatic heterocycles. The van der Waals surface area contributed by atoms with E-state index in [9.17, 15) is 0 Å². The predicted molar refractivity (Wildman–Crippen MR) is 216 cm³/mol. The van der Waals surface area contributed by atoms with E-state index in [0.29, 0.717) is 0 Å². The quantitative estimate of drug-likeness (QED) is 0.153. The van der Waals surface area contributed by atoms with Gasteiger partial charge in [-0.15, -0.1) is 0 Å². The number of rotatable bonds is 0. The monoisotopic (exact) mass is 694 g/mol. The van der Waals surface area contributed by atoms with Crippen LogP contribution in [0, 0.1) is 0 Å². The van der Waals surface area contributed by atoms with Gasteiger partial charge in [0, 0.05) is 98.7 Å². The molecule has 4 aliphatic heterocycles. The summed E-state index contributed by atoms with van der Waals surface area (Å²) in [5, 5.41) is 13.7. The zero-order chi connectivity index (χ0) is 34.4. The van der Waals surface area contributed by atoms with Crippen LogP contribution in [0.15, 0.2) is 54.6 Å². The molecule has 3 N–H and O–H groups in total. The van der Waals surface area contributed by atoms with Gasteiger partial charge in [-0.2, -0.15) is 0 Å². The van der Waals surface area contributed by atoms with Gasteiger partial charge in [0.1, 0.15) is 0 Å². The predicted octanol–water partition coefficient (Wildman–Crippen LogP) is 8.27. The second kappa shape index (κ2) is 14.3. The Labute approximate surface area is 310 Å². The van der Waals surface area contributed by atoms with E-state index in [1.54, 1.807) is 33.8 Å². The van der Waals surface area contributed by atoms with Crippen LogP contribution in [-0.2, 0) is 58.4 Å². The molecule has 0 bridgehead atoms. The second-order valence-electron chi connectivity index (χ2n) is 16.6. The second-order valence-corrected chi connectivity index (χ2v) is 16.6. The summed E-state index contributed by atoms with van der Waals surface area (Å²) < 4.78 is 5.23. The highest BCUT2D eigenvalue weighted by molar-refractivity contribution is 5.89. The van der Waals surface area contributed by atoms with Crippen LogP contribution in [0.4, 0.5) is 5.69 Å². The first-order chi connectivity index (χ1) is 25.8. The number of fused-ring (bicyclic) bond motifs is 9.